The van der Waals surface area contributed by atoms with Gasteiger partial charge in [-0.15, -0.1) is 10.2 Å². The molecule has 10 heteroatoms. The van der Waals surface area contributed by atoms with Crippen molar-refractivity contribution in [3.63, 3.8) is 0 Å². The number of tetrazole rings is 1. The predicted octanol–water partition coefficient (Wildman–Crippen LogP) is 3.87. The van der Waals surface area contributed by atoms with Crippen LogP contribution in [-0.2, 0) is 0 Å². The highest BCUT2D eigenvalue weighted by atomic mass is 16.5. The molecule has 0 amide bonds. The fourth-order valence-corrected chi connectivity index (χ4v) is 6.02. The van der Waals surface area contributed by atoms with Gasteiger partial charge in [0.15, 0.2) is 11.6 Å². The lowest BCUT2D eigenvalue weighted by Gasteiger charge is -2.45. The molecule has 2 fully saturated rings. The van der Waals surface area contributed by atoms with Crippen molar-refractivity contribution in [1.29, 1.82) is 0 Å². The molecular formula is C28H29N7O3. The molecule has 38 heavy (non-hydrogen) atoms. The lowest BCUT2D eigenvalue weighted by molar-refractivity contribution is -0.0141. The Hall–Kier alpha value is -3.92. The standard InChI is InChI=1S/C28H29N7O3/c1-15(2)21-13-20-23(14-30-21)38-28(6-8-29-9-7-28)24(26(20)37)25(36)16-11-19(27-31-33-34-32-27)18-5-10-35(17-3-4-17)22(18)12-16/h5,10-15,17,24,29H,3-4,6-9H2,1-2H3,(H,31,32,33,34). The van der Waals surface area contributed by atoms with Gasteiger partial charge in [-0.2, -0.15) is 5.21 Å². The maximum absolute atomic E-state index is 14.5. The molecule has 0 radical (unpaired) electrons. The molecule has 1 spiro atoms. The van der Waals surface area contributed by atoms with E-state index in [1.807, 2.05) is 26.0 Å². The highest BCUT2D eigenvalue weighted by Crippen LogP contribution is 2.45. The Labute approximate surface area is 219 Å². The number of carbonyl (C=O) groups is 2. The Morgan fingerprint density at radius 1 is 1.16 bits per heavy atom. The van der Waals surface area contributed by atoms with Crippen molar-refractivity contribution in [3.8, 4) is 17.1 Å². The monoisotopic (exact) mass is 511 g/mol. The molecule has 4 aromatic rings. The van der Waals surface area contributed by atoms with E-state index in [9.17, 15) is 9.59 Å². The summed E-state index contributed by atoms with van der Waals surface area (Å²) in [7, 11) is 0. The number of Topliss-reactive ketones (excluding diaryl/α,β-unsaturated/α-hetero) is 2. The average Bonchev–Trinajstić information content (AvgIpc) is 3.43. The van der Waals surface area contributed by atoms with E-state index in [1.54, 1.807) is 18.3 Å². The zero-order chi connectivity index (χ0) is 26.0. The summed E-state index contributed by atoms with van der Waals surface area (Å²) >= 11 is 0. The van der Waals surface area contributed by atoms with Crippen LogP contribution in [0.1, 0.15) is 77.9 Å². The zero-order valence-corrected chi connectivity index (χ0v) is 21.4. The van der Waals surface area contributed by atoms with Crippen LogP contribution in [0.15, 0.2) is 36.7 Å². The lowest BCUT2D eigenvalue weighted by atomic mass is 9.70. The molecule has 1 unspecified atom stereocenters. The van der Waals surface area contributed by atoms with E-state index in [0.29, 0.717) is 60.2 Å². The predicted molar refractivity (Wildman–Crippen MR) is 139 cm³/mol. The Kier molecular flexibility index (Phi) is 5.23. The van der Waals surface area contributed by atoms with Gasteiger partial charge >= 0.3 is 0 Å². The van der Waals surface area contributed by atoms with Crippen molar-refractivity contribution in [2.24, 2.45) is 5.92 Å². The molecule has 5 heterocycles. The fraction of sp³-hybridized carbons (Fsp3) is 0.429. The van der Waals surface area contributed by atoms with Crippen LogP contribution in [-0.4, -0.2) is 60.4 Å². The molecule has 3 aromatic heterocycles. The Bertz CT molecular complexity index is 1560. The minimum Gasteiger partial charge on any atom is -0.484 e. The first kappa shape index (κ1) is 23.2. The first-order chi connectivity index (χ1) is 18.4. The van der Waals surface area contributed by atoms with E-state index in [-0.39, 0.29) is 17.5 Å². The van der Waals surface area contributed by atoms with Crippen LogP contribution in [0.2, 0.25) is 0 Å². The third-order valence-electron chi connectivity index (χ3n) is 8.21. The van der Waals surface area contributed by atoms with Crippen molar-refractivity contribution >= 4 is 22.5 Å². The minimum absolute atomic E-state index is 0.146. The summed E-state index contributed by atoms with van der Waals surface area (Å²) in [6.45, 7) is 5.40. The summed E-state index contributed by atoms with van der Waals surface area (Å²) < 4.78 is 8.79. The normalized spacial score (nSPS) is 20.6. The van der Waals surface area contributed by atoms with Gasteiger partial charge in [0, 0.05) is 52.8 Å². The van der Waals surface area contributed by atoms with Crippen molar-refractivity contribution in [2.45, 2.75) is 57.1 Å². The number of aromatic amines is 1. The molecule has 2 N–H and O–H groups in total. The van der Waals surface area contributed by atoms with Gasteiger partial charge in [-0.3, -0.25) is 14.6 Å². The first-order valence-corrected chi connectivity index (χ1v) is 13.3. The fourth-order valence-electron chi connectivity index (χ4n) is 6.02. The topological polar surface area (TPSA) is 128 Å². The van der Waals surface area contributed by atoms with Crippen molar-refractivity contribution in [1.82, 2.24) is 35.5 Å². The lowest BCUT2D eigenvalue weighted by Crippen LogP contribution is -2.58. The van der Waals surface area contributed by atoms with Gasteiger partial charge in [-0.1, -0.05) is 13.8 Å². The summed E-state index contributed by atoms with van der Waals surface area (Å²) in [6, 6.07) is 7.97. The smallest absolute Gasteiger partial charge is 0.205 e. The molecule has 7 rings (SSSR count). The molecule has 0 bridgehead atoms. The maximum Gasteiger partial charge on any atom is 0.205 e. The largest absolute Gasteiger partial charge is 0.484 e. The Balaban J connectivity index is 1.39. The van der Waals surface area contributed by atoms with Crippen LogP contribution in [0, 0.1) is 5.92 Å². The van der Waals surface area contributed by atoms with E-state index < -0.39 is 11.5 Å². The number of nitrogens with one attached hydrogen (secondary N) is 2. The number of ether oxygens (including phenoxy) is 1. The number of aromatic nitrogens is 6. The Morgan fingerprint density at radius 3 is 2.68 bits per heavy atom. The number of fused-ring (bicyclic) bond motifs is 2. The second-order valence-corrected chi connectivity index (χ2v) is 11.0. The number of H-pyrrole nitrogens is 1. The van der Waals surface area contributed by atoms with Gasteiger partial charge in [0.1, 0.15) is 17.3 Å². The minimum atomic E-state index is -0.959. The molecule has 1 atom stereocenters. The van der Waals surface area contributed by atoms with Crippen LogP contribution in [0.5, 0.6) is 5.75 Å². The van der Waals surface area contributed by atoms with E-state index in [4.69, 9.17) is 4.74 Å². The highest BCUT2D eigenvalue weighted by molar-refractivity contribution is 6.19. The molecule has 10 nitrogen and oxygen atoms in total. The van der Waals surface area contributed by atoms with Gasteiger partial charge in [-0.05, 0) is 61.3 Å². The summed E-state index contributed by atoms with van der Waals surface area (Å²) in [5.41, 5.74) is 2.43. The third kappa shape index (κ3) is 3.58. The third-order valence-corrected chi connectivity index (χ3v) is 8.21. The molecule has 2 aliphatic heterocycles. The molecule has 1 aromatic carbocycles. The van der Waals surface area contributed by atoms with E-state index >= 15 is 0 Å². The van der Waals surface area contributed by atoms with Gasteiger partial charge < -0.3 is 14.6 Å². The number of nitrogens with zero attached hydrogens (tertiary/aromatic N) is 5. The Morgan fingerprint density at radius 2 is 1.97 bits per heavy atom. The number of benzene rings is 1. The summed E-state index contributed by atoms with van der Waals surface area (Å²) in [4.78, 5) is 33.2. The van der Waals surface area contributed by atoms with Gasteiger partial charge in [0.2, 0.25) is 5.82 Å². The molecule has 1 saturated heterocycles. The second kappa shape index (κ2) is 8.56. The number of piperidine rings is 1. The van der Waals surface area contributed by atoms with E-state index in [1.165, 1.54) is 0 Å². The van der Waals surface area contributed by atoms with Crippen LogP contribution in [0.4, 0.5) is 0 Å². The SMILES string of the molecule is CC(C)c1cc2c(cn1)OC1(CCNCC1)C(C(=O)c1cc(-c3nn[nH]n3)c3ccn(C4CC4)c3c1)C2=O. The van der Waals surface area contributed by atoms with E-state index in [2.05, 4.69) is 41.7 Å². The van der Waals surface area contributed by atoms with Crippen LogP contribution in [0.3, 0.4) is 0 Å². The van der Waals surface area contributed by atoms with Gasteiger partial charge in [0.25, 0.3) is 0 Å². The summed E-state index contributed by atoms with van der Waals surface area (Å²) in [6.07, 6.45) is 7.02. The number of ketones is 2. The molecule has 1 aliphatic carbocycles. The van der Waals surface area contributed by atoms with Crippen molar-refractivity contribution in [2.75, 3.05) is 13.1 Å². The molecular weight excluding hydrogens is 482 g/mol. The highest BCUT2D eigenvalue weighted by Gasteiger charge is 2.54. The van der Waals surface area contributed by atoms with Gasteiger partial charge in [-0.25, -0.2) is 0 Å². The maximum atomic E-state index is 14.5. The average molecular weight is 512 g/mol. The molecule has 1 saturated carbocycles. The molecule has 3 aliphatic rings. The number of carbonyl (C=O) groups excluding carboxylic acids is 2. The van der Waals surface area contributed by atoms with Gasteiger partial charge in [0.05, 0.1) is 11.8 Å². The second-order valence-electron chi connectivity index (χ2n) is 11.0. The van der Waals surface area contributed by atoms with Crippen molar-refractivity contribution in [3.05, 3.63) is 53.5 Å². The first-order valence-electron chi connectivity index (χ1n) is 13.3. The number of hydrogen-bond donors (Lipinski definition) is 2. The van der Waals surface area contributed by atoms with Crippen LogP contribution >= 0.6 is 0 Å². The summed E-state index contributed by atoms with van der Waals surface area (Å²) in [5, 5.41) is 19.0. The zero-order valence-electron chi connectivity index (χ0n) is 21.4. The summed E-state index contributed by atoms with van der Waals surface area (Å²) in [5.74, 6) is -0.358. The number of hydrogen-bond acceptors (Lipinski definition) is 8. The number of pyridine rings is 1. The molecule has 194 valence electrons. The van der Waals surface area contributed by atoms with Crippen LogP contribution < -0.4 is 10.1 Å². The van der Waals surface area contributed by atoms with E-state index in [0.717, 1.165) is 29.4 Å². The quantitative estimate of drug-likeness (QED) is 0.305. The van der Waals surface area contributed by atoms with Crippen LogP contribution in [0.25, 0.3) is 22.3 Å². The van der Waals surface area contributed by atoms with Crippen molar-refractivity contribution < 1.29 is 14.3 Å². The number of rotatable bonds is 5.